The SMILES string of the molecule is CCOc1ccc(C[C@H](NC(=O)COc2c(C)cccc2C)[C@H](O)C(=O)N2CSC(C)(C)[C@H]2C(=O)NCc2ccccc2C)cc1. The number of ether oxygens (including phenoxy) is 2. The summed E-state index contributed by atoms with van der Waals surface area (Å²) in [4.78, 5) is 42.2. The van der Waals surface area contributed by atoms with Gasteiger partial charge < -0.3 is 30.1 Å². The number of hydrogen-bond acceptors (Lipinski definition) is 7. The van der Waals surface area contributed by atoms with E-state index >= 15 is 0 Å². The molecule has 0 aromatic heterocycles. The summed E-state index contributed by atoms with van der Waals surface area (Å²) in [5, 5.41) is 17.4. The summed E-state index contributed by atoms with van der Waals surface area (Å²) in [5.41, 5.74) is 4.63. The molecule has 0 bridgehead atoms. The Bertz CT molecular complexity index is 1510. The van der Waals surface area contributed by atoms with Gasteiger partial charge in [-0.1, -0.05) is 54.6 Å². The van der Waals surface area contributed by atoms with Crippen molar-refractivity contribution in [2.24, 2.45) is 0 Å². The number of carbonyl (C=O) groups excluding carboxylic acids is 3. The van der Waals surface area contributed by atoms with E-state index in [9.17, 15) is 19.5 Å². The predicted molar refractivity (Wildman–Crippen MR) is 181 cm³/mol. The van der Waals surface area contributed by atoms with Crippen molar-refractivity contribution >= 4 is 29.5 Å². The second-order valence-electron chi connectivity index (χ2n) is 12.1. The van der Waals surface area contributed by atoms with Crippen LogP contribution in [-0.2, 0) is 27.3 Å². The second-order valence-corrected chi connectivity index (χ2v) is 13.7. The molecule has 4 rings (SSSR count). The van der Waals surface area contributed by atoms with E-state index in [0.717, 1.165) is 27.8 Å². The molecule has 10 heteroatoms. The van der Waals surface area contributed by atoms with Crippen LogP contribution in [-0.4, -0.2) is 69.8 Å². The van der Waals surface area contributed by atoms with Gasteiger partial charge in [0.15, 0.2) is 12.7 Å². The molecule has 0 spiro atoms. The highest BCUT2D eigenvalue weighted by atomic mass is 32.2. The van der Waals surface area contributed by atoms with E-state index in [2.05, 4.69) is 10.6 Å². The minimum atomic E-state index is -1.61. The number of rotatable bonds is 13. The van der Waals surface area contributed by atoms with Crippen molar-refractivity contribution in [1.29, 1.82) is 0 Å². The van der Waals surface area contributed by atoms with Crippen LogP contribution in [0.15, 0.2) is 66.7 Å². The maximum atomic E-state index is 14.0. The first-order valence-corrected chi connectivity index (χ1v) is 16.5. The summed E-state index contributed by atoms with van der Waals surface area (Å²) in [7, 11) is 0. The van der Waals surface area contributed by atoms with Crippen LogP contribution in [0.4, 0.5) is 0 Å². The third-order valence-corrected chi connectivity index (χ3v) is 9.59. The molecule has 46 heavy (non-hydrogen) atoms. The third kappa shape index (κ3) is 8.61. The van der Waals surface area contributed by atoms with Gasteiger partial charge in [-0.2, -0.15) is 0 Å². The summed E-state index contributed by atoms with van der Waals surface area (Å²) in [6.45, 7) is 12.1. The molecule has 3 amide bonds. The molecule has 1 aliphatic heterocycles. The molecule has 3 N–H and O–H groups in total. The number of nitrogens with zero attached hydrogens (tertiary/aromatic N) is 1. The first kappa shape index (κ1) is 34.8. The largest absolute Gasteiger partial charge is 0.494 e. The maximum absolute atomic E-state index is 14.0. The van der Waals surface area contributed by atoms with E-state index in [-0.39, 0.29) is 24.8 Å². The zero-order chi connectivity index (χ0) is 33.4. The van der Waals surface area contributed by atoms with Crippen LogP contribution < -0.4 is 20.1 Å². The Hall–Kier alpha value is -4.02. The summed E-state index contributed by atoms with van der Waals surface area (Å²) < 4.78 is 10.8. The van der Waals surface area contributed by atoms with Gasteiger partial charge in [-0.05, 0) is 87.9 Å². The lowest BCUT2D eigenvalue weighted by atomic mass is 9.97. The summed E-state index contributed by atoms with van der Waals surface area (Å²) in [6.07, 6.45) is -1.44. The van der Waals surface area contributed by atoms with Crippen molar-refractivity contribution in [2.75, 3.05) is 19.1 Å². The van der Waals surface area contributed by atoms with Gasteiger partial charge in [0, 0.05) is 11.3 Å². The molecule has 246 valence electrons. The summed E-state index contributed by atoms with van der Waals surface area (Å²) in [6, 6.07) is 19.0. The van der Waals surface area contributed by atoms with Crippen molar-refractivity contribution < 1.29 is 29.0 Å². The molecule has 1 saturated heterocycles. The Morgan fingerprint density at radius 1 is 0.957 bits per heavy atom. The highest BCUT2D eigenvalue weighted by Gasteiger charge is 2.49. The van der Waals surface area contributed by atoms with E-state index in [1.165, 1.54) is 16.7 Å². The number of hydrogen-bond donors (Lipinski definition) is 3. The fraction of sp³-hybridized carbons (Fsp3) is 0.417. The van der Waals surface area contributed by atoms with Crippen LogP contribution in [0.5, 0.6) is 11.5 Å². The number of thioether (sulfide) groups is 1. The average Bonchev–Trinajstić information content (AvgIpc) is 3.35. The molecule has 0 saturated carbocycles. The lowest BCUT2D eigenvalue weighted by Crippen LogP contribution is -2.59. The standard InChI is InChI=1S/C36H45N3O6S/c1-7-44-28-17-15-26(16-18-28)19-29(38-30(40)21-45-32-24(3)12-10-13-25(32)4)31(41)35(43)39-22-46-36(5,6)33(39)34(42)37-20-27-14-9-8-11-23(27)2/h8-18,29,31,33,41H,7,19-22H2,1-6H3,(H,37,42)(H,38,40)/t29-,31-,33+/m0/s1. The molecule has 0 radical (unpaired) electrons. The Morgan fingerprint density at radius 2 is 1.61 bits per heavy atom. The van der Waals surface area contributed by atoms with E-state index < -0.39 is 34.7 Å². The van der Waals surface area contributed by atoms with E-state index in [4.69, 9.17) is 9.47 Å². The number of aliphatic hydroxyl groups is 1. The molecule has 9 nitrogen and oxygen atoms in total. The smallest absolute Gasteiger partial charge is 0.258 e. The third-order valence-electron chi connectivity index (χ3n) is 8.22. The Morgan fingerprint density at radius 3 is 2.26 bits per heavy atom. The van der Waals surface area contributed by atoms with Gasteiger partial charge in [0.1, 0.15) is 17.5 Å². The van der Waals surface area contributed by atoms with E-state index in [1.807, 2.05) is 108 Å². The molecule has 1 heterocycles. The topological polar surface area (TPSA) is 117 Å². The average molecular weight is 648 g/mol. The fourth-order valence-corrected chi connectivity index (χ4v) is 6.78. The van der Waals surface area contributed by atoms with Gasteiger partial charge in [-0.25, -0.2) is 0 Å². The van der Waals surface area contributed by atoms with Crippen LogP contribution >= 0.6 is 11.8 Å². The van der Waals surface area contributed by atoms with E-state index in [0.29, 0.717) is 24.7 Å². The van der Waals surface area contributed by atoms with Crippen LogP contribution in [0.1, 0.15) is 48.6 Å². The van der Waals surface area contributed by atoms with Gasteiger partial charge in [-0.3, -0.25) is 14.4 Å². The lowest BCUT2D eigenvalue weighted by Gasteiger charge is -2.33. The predicted octanol–water partition coefficient (Wildman–Crippen LogP) is 4.47. The first-order valence-electron chi connectivity index (χ1n) is 15.6. The zero-order valence-corrected chi connectivity index (χ0v) is 28.3. The molecular formula is C36H45N3O6S. The number of benzene rings is 3. The normalized spacial score (nSPS) is 16.8. The summed E-state index contributed by atoms with van der Waals surface area (Å²) >= 11 is 1.47. The number of aliphatic hydroxyl groups excluding tert-OH is 1. The van der Waals surface area contributed by atoms with Gasteiger partial charge in [-0.15, -0.1) is 11.8 Å². The molecule has 1 aliphatic rings. The second kappa shape index (κ2) is 15.5. The van der Waals surface area contributed by atoms with Crippen molar-refractivity contribution in [3.63, 3.8) is 0 Å². The quantitative estimate of drug-likeness (QED) is 0.251. The van der Waals surface area contributed by atoms with Crippen LogP contribution in [0.2, 0.25) is 0 Å². The monoisotopic (exact) mass is 647 g/mol. The van der Waals surface area contributed by atoms with Gasteiger partial charge in [0.05, 0.1) is 18.5 Å². The van der Waals surface area contributed by atoms with Gasteiger partial charge >= 0.3 is 0 Å². The molecule has 3 aromatic carbocycles. The maximum Gasteiger partial charge on any atom is 0.258 e. The molecule has 0 unspecified atom stereocenters. The molecule has 3 atom stereocenters. The van der Waals surface area contributed by atoms with Crippen molar-refractivity contribution in [2.45, 2.75) is 77.4 Å². The van der Waals surface area contributed by atoms with Crippen LogP contribution in [0.25, 0.3) is 0 Å². The Balaban J connectivity index is 1.52. The molecule has 3 aromatic rings. The highest BCUT2D eigenvalue weighted by molar-refractivity contribution is 8.00. The van der Waals surface area contributed by atoms with Crippen LogP contribution in [0.3, 0.4) is 0 Å². The number of amides is 3. The van der Waals surface area contributed by atoms with Crippen molar-refractivity contribution in [3.8, 4) is 11.5 Å². The van der Waals surface area contributed by atoms with Crippen molar-refractivity contribution in [3.05, 3.63) is 94.5 Å². The molecular weight excluding hydrogens is 602 g/mol. The van der Waals surface area contributed by atoms with E-state index in [1.54, 1.807) is 0 Å². The van der Waals surface area contributed by atoms with Gasteiger partial charge in [0.2, 0.25) is 5.91 Å². The van der Waals surface area contributed by atoms with Crippen molar-refractivity contribution in [1.82, 2.24) is 15.5 Å². The summed E-state index contributed by atoms with van der Waals surface area (Å²) in [5.74, 6) is 0.141. The minimum Gasteiger partial charge on any atom is -0.494 e. The fourth-order valence-electron chi connectivity index (χ4n) is 5.64. The lowest BCUT2D eigenvalue weighted by molar-refractivity contribution is -0.148. The highest BCUT2D eigenvalue weighted by Crippen LogP contribution is 2.40. The van der Waals surface area contributed by atoms with Crippen LogP contribution in [0, 0.1) is 20.8 Å². The molecule has 0 aliphatic carbocycles. The Kier molecular flexibility index (Phi) is 11.8. The first-order chi connectivity index (χ1) is 21.9. The number of carbonyl (C=O) groups is 3. The number of aryl methyl sites for hydroxylation is 3. The number of para-hydroxylation sites is 1. The Labute approximate surface area is 276 Å². The molecule has 1 fully saturated rings. The number of nitrogens with one attached hydrogen (secondary N) is 2. The zero-order valence-electron chi connectivity index (χ0n) is 27.5. The minimum absolute atomic E-state index is 0.170. The van der Waals surface area contributed by atoms with Gasteiger partial charge in [0.25, 0.3) is 11.8 Å².